The minimum Gasteiger partial charge on any atom is -0.457 e. The lowest BCUT2D eigenvalue weighted by Crippen LogP contribution is -2.14. The molecule has 0 bridgehead atoms. The number of carbonyl (C=O) groups excluding carboxylic acids is 2. The van der Waals surface area contributed by atoms with Crippen molar-refractivity contribution in [1.82, 2.24) is 0 Å². The maximum atomic E-state index is 13.2. The average Bonchev–Trinajstić information content (AvgIpc) is 3.09. The fraction of sp³-hybridized carbons (Fsp3) is 0.0952. The third-order valence-electron chi connectivity index (χ3n) is 8.11. The van der Waals surface area contributed by atoms with E-state index < -0.39 is 0 Å². The largest absolute Gasteiger partial charge is 0.457 e. The number of rotatable bonds is 10. The maximum Gasteiger partial charge on any atom is 0.257 e. The molecule has 0 saturated carbocycles. The molecule has 0 fully saturated rings. The van der Waals surface area contributed by atoms with Crippen LogP contribution in [0.15, 0.2) is 133 Å². The standard InChI is InChI=1S/C42H38N4O3/c1-27-13-23-37(29(3)25-27)45-39-11-7-5-9-35(39)41(47)43-31-15-19-33(20-16-31)49-34-21-17-32(18-22-34)44-42(48)36-10-6-8-12-40(36)46-38-24-14-28(2)26-30(38)4/h5-26,45-46H,1-4H3,(H,43,47)(H,44,48). The summed E-state index contributed by atoms with van der Waals surface area (Å²) in [5.41, 5.74) is 10.3. The quantitative estimate of drug-likeness (QED) is 0.119. The molecule has 0 saturated heterocycles. The molecule has 6 aromatic rings. The Morgan fingerprint density at radius 1 is 0.449 bits per heavy atom. The molecule has 0 aliphatic heterocycles. The highest BCUT2D eigenvalue weighted by molar-refractivity contribution is 6.09. The summed E-state index contributed by atoms with van der Waals surface area (Å²) < 4.78 is 6.03. The molecule has 0 heterocycles. The summed E-state index contributed by atoms with van der Waals surface area (Å²) in [5.74, 6) is 0.780. The summed E-state index contributed by atoms with van der Waals surface area (Å²) in [5, 5.41) is 12.8. The first-order chi connectivity index (χ1) is 23.7. The normalized spacial score (nSPS) is 10.6. The zero-order chi connectivity index (χ0) is 34.3. The molecule has 0 aromatic heterocycles. The van der Waals surface area contributed by atoms with Crippen molar-refractivity contribution >= 4 is 45.9 Å². The summed E-state index contributed by atoms with van der Waals surface area (Å²) in [6, 6.07) is 41.6. The van der Waals surface area contributed by atoms with Crippen LogP contribution >= 0.6 is 0 Å². The van der Waals surface area contributed by atoms with Gasteiger partial charge in [0.05, 0.1) is 22.5 Å². The SMILES string of the molecule is Cc1ccc(Nc2ccccc2C(=O)Nc2ccc(Oc3ccc(NC(=O)c4ccccc4Nc4ccc(C)cc4C)cc3)cc2)c(C)c1. The Hall–Kier alpha value is -6.34. The monoisotopic (exact) mass is 646 g/mol. The number of carbonyl (C=O) groups is 2. The first-order valence-corrected chi connectivity index (χ1v) is 16.1. The third-order valence-corrected chi connectivity index (χ3v) is 8.11. The molecule has 0 atom stereocenters. The van der Waals surface area contributed by atoms with Crippen LogP contribution in [0.2, 0.25) is 0 Å². The minimum atomic E-state index is -0.220. The Kier molecular flexibility index (Phi) is 9.72. The van der Waals surface area contributed by atoms with Crippen molar-refractivity contribution in [3.8, 4) is 11.5 Å². The molecule has 0 unspecified atom stereocenters. The van der Waals surface area contributed by atoms with Crippen LogP contribution in [-0.4, -0.2) is 11.8 Å². The summed E-state index contributed by atoms with van der Waals surface area (Å²) in [6.45, 7) is 8.20. The van der Waals surface area contributed by atoms with E-state index in [-0.39, 0.29) is 11.8 Å². The molecule has 0 radical (unpaired) electrons. The Morgan fingerprint density at radius 3 is 1.22 bits per heavy atom. The van der Waals surface area contributed by atoms with E-state index in [4.69, 9.17) is 4.74 Å². The van der Waals surface area contributed by atoms with Crippen LogP contribution in [0, 0.1) is 27.7 Å². The van der Waals surface area contributed by atoms with E-state index in [2.05, 4.69) is 47.2 Å². The van der Waals surface area contributed by atoms with Gasteiger partial charge in [-0.25, -0.2) is 0 Å². The molecule has 2 amide bonds. The van der Waals surface area contributed by atoms with Crippen molar-refractivity contribution < 1.29 is 14.3 Å². The fourth-order valence-corrected chi connectivity index (χ4v) is 5.52. The van der Waals surface area contributed by atoms with Crippen LogP contribution < -0.4 is 26.0 Å². The Morgan fingerprint density at radius 2 is 0.837 bits per heavy atom. The molecule has 6 rings (SSSR count). The van der Waals surface area contributed by atoms with E-state index in [1.54, 1.807) is 60.7 Å². The van der Waals surface area contributed by atoms with Gasteiger partial charge in [0.15, 0.2) is 0 Å². The van der Waals surface area contributed by atoms with Gasteiger partial charge < -0.3 is 26.0 Å². The van der Waals surface area contributed by atoms with Gasteiger partial charge in [-0.2, -0.15) is 0 Å². The number of amides is 2. The van der Waals surface area contributed by atoms with E-state index in [0.717, 1.165) is 33.9 Å². The van der Waals surface area contributed by atoms with Crippen LogP contribution in [0.4, 0.5) is 34.1 Å². The molecule has 0 spiro atoms. The predicted molar refractivity (Wildman–Crippen MR) is 200 cm³/mol. The number of benzene rings is 6. The summed E-state index contributed by atoms with van der Waals surface area (Å²) in [6.07, 6.45) is 0. The fourth-order valence-electron chi connectivity index (χ4n) is 5.52. The minimum absolute atomic E-state index is 0.220. The lowest BCUT2D eigenvalue weighted by atomic mass is 10.1. The third kappa shape index (κ3) is 8.15. The van der Waals surface area contributed by atoms with E-state index in [9.17, 15) is 9.59 Å². The molecular formula is C42H38N4O3. The second kappa shape index (κ2) is 14.6. The first kappa shape index (κ1) is 32.6. The lowest BCUT2D eigenvalue weighted by Gasteiger charge is -2.15. The lowest BCUT2D eigenvalue weighted by molar-refractivity contribution is 0.101. The van der Waals surface area contributed by atoms with Gasteiger partial charge in [-0.3, -0.25) is 9.59 Å². The number of hydrogen-bond acceptors (Lipinski definition) is 5. The van der Waals surface area contributed by atoms with Crippen LogP contribution in [0.3, 0.4) is 0 Å². The molecule has 6 aromatic carbocycles. The van der Waals surface area contributed by atoms with Gasteiger partial charge in [-0.15, -0.1) is 0 Å². The van der Waals surface area contributed by atoms with Crippen molar-refractivity contribution in [1.29, 1.82) is 0 Å². The molecule has 244 valence electrons. The molecule has 0 aliphatic rings. The second-order valence-corrected chi connectivity index (χ2v) is 12.0. The van der Waals surface area contributed by atoms with Gasteiger partial charge in [-0.1, -0.05) is 59.7 Å². The van der Waals surface area contributed by atoms with Gasteiger partial charge in [0.25, 0.3) is 11.8 Å². The number of nitrogens with one attached hydrogen (secondary N) is 4. The average molecular weight is 647 g/mol. The Balaban J connectivity index is 1.06. The van der Waals surface area contributed by atoms with Crippen LogP contribution in [-0.2, 0) is 0 Å². The van der Waals surface area contributed by atoms with Crippen molar-refractivity contribution in [2.24, 2.45) is 0 Å². The van der Waals surface area contributed by atoms with Crippen LogP contribution in [0.5, 0.6) is 11.5 Å². The Bertz CT molecular complexity index is 1970. The van der Waals surface area contributed by atoms with E-state index in [1.807, 2.05) is 74.5 Å². The van der Waals surface area contributed by atoms with Crippen molar-refractivity contribution in [2.45, 2.75) is 27.7 Å². The van der Waals surface area contributed by atoms with Gasteiger partial charge in [0, 0.05) is 22.7 Å². The van der Waals surface area contributed by atoms with E-state index in [0.29, 0.717) is 34.0 Å². The zero-order valence-electron chi connectivity index (χ0n) is 27.9. The number of anilines is 6. The second-order valence-electron chi connectivity index (χ2n) is 12.0. The van der Waals surface area contributed by atoms with Crippen molar-refractivity contribution in [2.75, 3.05) is 21.3 Å². The smallest absolute Gasteiger partial charge is 0.257 e. The summed E-state index contributed by atoms with van der Waals surface area (Å²) >= 11 is 0. The maximum absolute atomic E-state index is 13.2. The predicted octanol–water partition coefficient (Wildman–Crippen LogP) is 10.7. The number of ether oxygens (including phenoxy) is 1. The molecule has 4 N–H and O–H groups in total. The number of para-hydroxylation sites is 2. The molecular weight excluding hydrogens is 608 g/mol. The van der Waals surface area contributed by atoms with E-state index in [1.165, 1.54) is 11.1 Å². The van der Waals surface area contributed by atoms with Gasteiger partial charge in [-0.05, 0) is 124 Å². The highest BCUT2D eigenvalue weighted by atomic mass is 16.5. The highest BCUT2D eigenvalue weighted by Crippen LogP contribution is 2.29. The Labute approximate surface area is 287 Å². The summed E-state index contributed by atoms with van der Waals surface area (Å²) in [4.78, 5) is 26.5. The zero-order valence-corrected chi connectivity index (χ0v) is 27.9. The molecule has 7 heteroatoms. The van der Waals surface area contributed by atoms with Crippen molar-refractivity contribution in [3.05, 3.63) is 167 Å². The molecule has 0 aliphatic carbocycles. The van der Waals surface area contributed by atoms with Crippen molar-refractivity contribution in [3.63, 3.8) is 0 Å². The van der Waals surface area contributed by atoms with Gasteiger partial charge >= 0.3 is 0 Å². The van der Waals surface area contributed by atoms with Crippen LogP contribution in [0.25, 0.3) is 0 Å². The topological polar surface area (TPSA) is 91.5 Å². The molecule has 7 nitrogen and oxygen atoms in total. The highest BCUT2D eigenvalue weighted by Gasteiger charge is 2.14. The number of hydrogen-bond donors (Lipinski definition) is 4. The van der Waals surface area contributed by atoms with Crippen LogP contribution in [0.1, 0.15) is 43.0 Å². The summed E-state index contributed by atoms with van der Waals surface area (Å²) in [7, 11) is 0. The van der Waals surface area contributed by atoms with Gasteiger partial charge in [0.1, 0.15) is 11.5 Å². The van der Waals surface area contributed by atoms with E-state index >= 15 is 0 Å². The molecule has 49 heavy (non-hydrogen) atoms. The van der Waals surface area contributed by atoms with Gasteiger partial charge in [0.2, 0.25) is 0 Å². The first-order valence-electron chi connectivity index (χ1n) is 16.1. The number of aryl methyl sites for hydroxylation is 4.